The Morgan fingerprint density at radius 3 is 2.61 bits per heavy atom. The van der Waals surface area contributed by atoms with E-state index < -0.39 is 0 Å². The third kappa shape index (κ3) is 2.77. The van der Waals surface area contributed by atoms with Crippen molar-refractivity contribution in [3.8, 4) is 11.5 Å². The van der Waals surface area contributed by atoms with Crippen LogP contribution < -0.4 is 9.47 Å². The molecule has 1 aromatic rings. The molecule has 4 fully saturated rings. The highest BCUT2D eigenvalue weighted by molar-refractivity contribution is 5.78. The summed E-state index contributed by atoms with van der Waals surface area (Å²) in [4.78, 5) is 24.4. The average molecular weight is 453 g/mol. The van der Waals surface area contributed by atoms with E-state index >= 15 is 0 Å². The second kappa shape index (κ2) is 6.76. The fourth-order valence-corrected chi connectivity index (χ4v) is 9.38. The molecule has 7 unspecified atom stereocenters. The maximum Gasteiger partial charge on any atom is 0.312 e. The minimum absolute atomic E-state index is 0.0417. The molecule has 1 aromatic carbocycles. The molecule has 178 valence electrons. The zero-order chi connectivity index (χ0) is 23.2. The first-order chi connectivity index (χ1) is 15.6. The Morgan fingerprint density at radius 1 is 1.03 bits per heavy atom. The van der Waals surface area contributed by atoms with E-state index in [9.17, 15) is 9.59 Å². The van der Waals surface area contributed by atoms with Gasteiger partial charge in [-0.1, -0.05) is 13.3 Å². The molecule has 2 aliphatic heterocycles. The Balaban J connectivity index is 1.39. The van der Waals surface area contributed by atoms with Crippen LogP contribution in [0, 0.1) is 34.0 Å². The maximum absolute atomic E-state index is 12.9. The zero-order valence-corrected chi connectivity index (χ0v) is 20.4. The van der Waals surface area contributed by atoms with E-state index in [1.807, 2.05) is 18.2 Å². The van der Waals surface area contributed by atoms with Crippen molar-refractivity contribution in [2.24, 2.45) is 34.0 Å². The second-order valence-electron chi connectivity index (χ2n) is 12.3. The minimum Gasteiger partial charge on any atom is -0.487 e. The van der Waals surface area contributed by atoms with Crippen molar-refractivity contribution >= 4 is 11.9 Å². The highest BCUT2D eigenvalue weighted by atomic mass is 16.5. The Kier molecular flexibility index (Phi) is 4.40. The number of cyclic esters (lactones) is 1. The number of benzene rings is 1. The van der Waals surface area contributed by atoms with E-state index in [-0.39, 0.29) is 33.8 Å². The molecule has 2 heterocycles. The molecule has 0 aromatic heterocycles. The number of hydrogen-bond acceptors (Lipinski definition) is 5. The zero-order valence-electron chi connectivity index (χ0n) is 20.4. The largest absolute Gasteiger partial charge is 0.487 e. The van der Waals surface area contributed by atoms with E-state index in [0.29, 0.717) is 30.1 Å². The predicted molar refractivity (Wildman–Crippen MR) is 123 cm³/mol. The molecule has 7 atom stereocenters. The summed E-state index contributed by atoms with van der Waals surface area (Å²) in [7, 11) is 0. The summed E-state index contributed by atoms with van der Waals surface area (Å²) in [6, 6.07) is 5.79. The number of rotatable bonds is 1. The molecular weight excluding hydrogens is 416 g/mol. The number of esters is 2. The number of hydrogen-bond donors (Lipinski definition) is 0. The van der Waals surface area contributed by atoms with Crippen LogP contribution in [0.2, 0.25) is 0 Å². The summed E-state index contributed by atoms with van der Waals surface area (Å²) >= 11 is 0. The van der Waals surface area contributed by atoms with Crippen LogP contribution in [0.4, 0.5) is 0 Å². The SMILES string of the molecule is CC(=O)Oc1ccc2c(c1)CC1C(C)(CCC3C1(C)CCC1C4(C)CCCC13COC4=O)O2. The van der Waals surface area contributed by atoms with Crippen LogP contribution in [0.3, 0.4) is 0 Å². The lowest BCUT2D eigenvalue weighted by Crippen LogP contribution is -2.69. The first kappa shape index (κ1) is 21.5. The minimum atomic E-state index is -0.312. The highest BCUT2D eigenvalue weighted by Gasteiger charge is 2.70. The molecule has 6 rings (SSSR count). The lowest BCUT2D eigenvalue weighted by Gasteiger charge is -2.70. The highest BCUT2D eigenvalue weighted by Crippen LogP contribution is 2.72. The number of carbonyl (C=O) groups excluding carboxylic acids is 2. The van der Waals surface area contributed by atoms with Crippen LogP contribution in [-0.2, 0) is 20.7 Å². The van der Waals surface area contributed by atoms with Crippen LogP contribution in [0.15, 0.2) is 18.2 Å². The van der Waals surface area contributed by atoms with Crippen molar-refractivity contribution in [2.75, 3.05) is 6.61 Å². The topological polar surface area (TPSA) is 61.8 Å². The first-order valence-corrected chi connectivity index (χ1v) is 12.8. The third-order valence-corrected chi connectivity index (χ3v) is 10.7. The molecule has 3 saturated carbocycles. The summed E-state index contributed by atoms with van der Waals surface area (Å²) < 4.78 is 18.1. The molecule has 0 radical (unpaired) electrons. The molecule has 0 N–H and O–H groups in total. The van der Waals surface area contributed by atoms with Crippen molar-refractivity contribution in [3.63, 3.8) is 0 Å². The van der Waals surface area contributed by atoms with Gasteiger partial charge in [-0.15, -0.1) is 0 Å². The van der Waals surface area contributed by atoms with Gasteiger partial charge >= 0.3 is 11.9 Å². The predicted octanol–water partition coefficient (Wildman–Crippen LogP) is 5.48. The van der Waals surface area contributed by atoms with Gasteiger partial charge in [0, 0.05) is 18.3 Å². The van der Waals surface area contributed by atoms with E-state index in [4.69, 9.17) is 14.2 Å². The average Bonchev–Trinajstić information content (AvgIpc) is 2.75. The lowest BCUT2D eigenvalue weighted by molar-refractivity contribution is -0.255. The Bertz CT molecular complexity index is 1030. The smallest absolute Gasteiger partial charge is 0.312 e. The second-order valence-corrected chi connectivity index (χ2v) is 12.3. The Labute approximate surface area is 196 Å². The van der Waals surface area contributed by atoms with Crippen molar-refractivity contribution in [3.05, 3.63) is 23.8 Å². The van der Waals surface area contributed by atoms with Crippen molar-refractivity contribution in [1.29, 1.82) is 0 Å². The van der Waals surface area contributed by atoms with Gasteiger partial charge in [-0.3, -0.25) is 9.59 Å². The van der Waals surface area contributed by atoms with Crippen LogP contribution >= 0.6 is 0 Å². The summed E-state index contributed by atoms with van der Waals surface area (Å²) in [6.07, 6.45) is 8.61. The van der Waals surface area contributed by atoms with Crippen molar-refractivity contribution in [1.82, 2.24) is 0 Å². The molecule has 1 saturated heterocycles. The van der Waals surface area contributed by atoms with Crippen LogP contribution in [0.25, 0.3) is 0 Å². The van der Waals surface area contributed by atoms with Gasteiger partial charge in [0.25, 0.3) is 0 Å². The van der Waals surface area contributed by atoms with Gasteiger partial charge < -0.3 is 14.2 Å². The van der Waals surface area contributed by atoms with Gasteiger partial charge in [0.2, 0.25) is 0 Å². The molecule has 3 aliphatic carbocycles. The number of carbonyl (C=O) groups is 2. The van der Waals surface area contributed by atoms with Crippen LogP contribution in [0.1, 0.15) is 78.2 Å². The Hall–Kier alpha value is -2.04. The van der Waals surface area contributed by atoms with Gasteiger partial charge in [0.05, 0.1) is 12.0 Å². The summed E-state index contributed by atoms with van der Waals surface area (Å²) in [5, 5.41) is 0. The molecule has 5 aliphatic rings. The number of ether oxygens (including phenoxy) is 3. The number of fused-ring (bicyclic) bond motifs is 4. The molecule has 0 amide bonds. The van der Waals surface area contributed by atoms with Crippen LogP contribution in [0.5, 0.6) is 11.5 Å². The molecule has 5 heteroatoms. The van der Waals surface area contributed by atoms with Crippen molar-refractivity contribution < 1.29 is 23.8 Å². The Morgan fingerprint density at radius 2 is 1.82 bits per heavy atom. The van der Waals surface area contributed by atoms with E-state index in [2.05, 4.69) is 20.8 Å². The third-order valence-electron chi connectivity index (χ3n) is 10.7. The fraction of sp³-hybridized carbons (Fsp3) is 0.714. The summed E-state index contributed by atoms with van der Waals surface area (Å²) in [5.41, 5.74) is 0.859. The fourth-order valence-electron chi connectivity index (χ4n) is 9.38. The standard InChI is InChI=1S/C28H36O5/c1-17(29)32-19-6-7-20-18(14-19)15-23-25(2)12-8-22-26(3)10-5-11-28(22,16-31-24(26)30)21(25)9-13-27(23,4)33-20/h6-7,14,21-23H,5,8-13,15-16H2,1-4H3. The quantitative estimate of drug-likeness (QED) is 0.417. The van der Waals surface area contributed by atoms with E-state index in [0.717, 1.165) is 56.3 Å². The molecular formula is C28H36O5. The summed E-state index contributed by atoms with van der Waals surface area (Å²) in [6.45, 7) is 9.02. The molecule has 2 bridgehead atoms. The molecule has 0 spiro atoms. The molecule has 5 nitrogen and oxygen atoms in total. The van der Waals surface area contributed by atoms with E-state index in [1.54, 1.807) is 0 Å². The maximum atomic E-state index is 12.9. The van der Waals surface area contributed by atoms with Crippen LogP contribution in [-0.4, -0.2) is 24.1 Å². The van der Waals surface area contributed by atoms with Gasteiger partial charge in [-0.05, 0) is 99.8 Å². The lowest BCUT2D eigenvalue weighted by atomic mass is 9.36. The van der Waals surface area contributed by atoms with Gasteiger partial charge in [-0.2, -0.15) is 0 Å². The summed E-state index contributed by atoms with van der Waals surface area (Å²) in [5.74, 6) is 2.62. The first-order valence-electron chi connectivity index (χ1n) is 12.8. The van der Waals surface area contributed by atoms with E-state index in [1.165, 1.54) is 13.3 Å². The molecule has 33 heavy (non-hydrogen) atoms. The van der Waals surface area contributed by atoms with Gasteiger partial charge in [-0.25, -0.2) is 0 Å². The normalized spacial score (nSPS) is 45.3. The monoisotopic (exact) mass is 452 g/mol. The van der Waals surface area contributed by atoms with Gasteiger partial charge in [0.15, 0.2) is 0 Å². The van der Waals surface area contributed by atoms with Gasteiger partial charge in [0.1, 0.15) is 17.1 Å². The van der Waals surface area contributed by atoms with Crippen molar-refractivity contribution in [2.45, 2.75) is 84.7 Å².